The van der Waals surface area contributed by atoms with Crippen molar-refractivity contribution in [2.75, 3.05) is 26.8 Å². The third-order valence-corrected chi connectivity index (χ3v) is 10.8. The number of nitrogens with zero attached hydrogens (tertiary/aromatic N) is 4. The molecule has 6 rings (SSSR count). The van der Waals surface area contributed by atoms with E-state index in [4.69, 9.17) is 0 Å². The van der Waals surface area contributed by atoms with E-state index in [1.807, 2.05) is 0 Å². The van der Waals surface area contributed by atoms with Crippen LogP contribution in [0.25, 0.3) is 5.52 Å². The smallest absolute Gasteiger partial charge is 0.295 e. The molecule has 4 atom stereocenters. The van der Waals surface area contributed by atoms with Gasteiger partial charge in [-0.05, 0) is 55.7 Å². The number of aromatic nitrogens is 2. The van der Waals surface area contributed by atoms with E-state index in [-0.39, 0.29) is 42.9 Å². The van der Waals surface area contributed by atoms with Crippen molar-refractivity contribution in [1.82, 2.24) is 33.7 Å². The largest absolute Gasteiger partial charge is 0.418 e. The molecule has 216 valence electrons. The zero-order valence-corrected chi connectivity index (χ0v) is 22.8. The lowest BCUT2D eigenvalue weighted by molar-refractivity contribution is -0.136. The summed E-state index contributed by atoms with van der Waals surface area (Å²) in [6.45, 7) is 0.867. The lowest BCUT2D eigenvalue weighted by Crippen LogP contribution is -2.50. The number of imidazole rings is 1. The molecule has 2 aromatic heterocycles. The van der Waals surface area contributed by atoms with E-state index in [0.29, 0.717) is 17.8 Å². The second-order valence-electron chi connectivity index (χ2n) is 11.6. The molecule has 0 amide bonds. The first-order valence-corrected chi connectivity index (χ1v) is 15.2. The summed E-state index contributed by atoms with van der Waals surface area (Å²) >= 11 is 0. The molecule has 2 aliphatic heterocycles. The average Bonchev–Trinajstić information content (AvgIpc) is 3.52. The number of halogens is 3. The lowest BCUT2D eigenvalue weighted by Gasteiger charge is -2.46. The van der Waals surface area contributed by atoms with E-state index in [0.717, 1.165) is 47.1 Å². The Bertz CT molecular complexity index is 1390. The van der Waals surface area contributed by atoms with Crippen molar-refractivity contribution in [1.29, 1.82) is 0 Å². The molecular weight excluding hydrogens is 535 g/mol. The van der Waals surface area contributed by atoms with Crippen molar-refractivity contribution < 1.29 is 21.6 Å². The molecule has 4 aliphatic rings. The summed E-state index contributed by atoms with van der Waals surface area (Å²) in [5.74, 6) is 1.37. The van der Waals surface area contributed by atoms with Gasteiger partial charge in [0, 0.05) is 38.1 Å². The molecule has 2 aromatic rings. The number of alkyl halides is 3. The summed E-state index contributed by atoms with van der Waals surface area (Å²) < 4.78 is 72.9. The normalized spacial score (nSPS) is 29.7. The van der Waals surface area contributed by atoms with Gasteiger partial charge in [-0.15, -0.1) is 0 Å². The van der Waals surface area contributed by atoms with Crippen LogP contribution in [0.15, 0.2) is 23.3 Å². The molecule has 2 aliphatic carbocycles. The Morgan fingerprint density at radius 3 is 2.46 bits per heavy atom. The van der Waals surface area contributed by atoms with Crippen molar-refractivity contribution in [3.63, 3.8) is 0 Å². The third-order valence-electron chi connectivity index (χ3n) is 9.24. The van der Waals surface area contributed by atoms with E-state index in [2.05, 4.69) is 27.5 Å². The number of hydrogen-bond acceptors (Lipinski definition) is 6. The minimum absolute atomic E-state index is 0.122. The van der Waals surface area contributed by atoms with Gasteiger partial charge < -0.3 is 0 Å². The van der Waals surface area contributed by atoms with E-state index in [1.54, 1.807) is 0 Å². The minimum atomic E-state index is -4.70. The van der Waals surface area contributed by atoms with Crippen LogP contribution in [0.2, 0.25) is 0 Å². The molecule has 39 heavy (non-hydrogen) atoms. The van der Waals surface area contributed by atoms with E-state index in [9.17, 15) is 26.4 Å². The fraction of sp³-hybridized carbons (Fsp3) is 0.720. The quantitative estimate of drug-likeness (QED) is 0.492. The number of hydrogen-bond donors (Lipinski definition) is 3. The van der Waals surface area contributed by atoms with Crippen molar-refractivity contribution in [2.24, 2.45) is 17.8 Å². The molecule has 4 fully saturated rings. The molecule has 0 bridgehead atoms. The highest BCUT2D eigenvalue weighted by Crippen LogP contribution is 2.47. The van der Waals surface area contributed by atoms with Gasteiger partial charge in [-0.2, -0.15) is 25.9 Å². The minimum Gasteiger partial charge on any atom is -0.295 e. The summed E-state index contributed by atoms with van der Waals surface area (Å²) in [7, 11) is -1.65. The first-order valence-electron chi connectivity index (χ1n) is 13.8. The highest BCUT2D eigenvalue weighted by atomic mass is 32.2. The Labute approximate surface area is 225 Å². The third kappa shape index (κ3) is 5.04. The summed E-state index contributed by atoms with van der Waals surface area (Å²) in [6.07, 6.45) is 5.26. The van der Waals surface area contributed by atoms with Crippen LogP contribution >= 0.6 is 0 Å². The molecule has 3 unspecified atom stereocenters. The van der Waals surface area contributed by atoms with Gasteiger partial charge in [-0.3, -0.25) is 13.9 Å². The molecule has 2 saturated carbocycles. The second kappa shape index (κ2) is 10.1. The Balaban J connectivity index is 1.33. The number of hydrazine groups is 1. The van der Waals surface area contributed by atoms with E-state index >= 15 is 0 Å². The monoisotopic (exact) mass is 571 g/mol. The van der Waals surface area contributed by atoms with Crippen molar-refractivity contribution >= 4 is 15.7 Å². The zero-order valence-electron chi connectivity index (χ0n) is 22.0. The number of fused-ring (bicyclic) bond motifs is 1. The fourth-order valence-electron chi connectivity index (χ4n) is 7.12. The standard InChI is InChI=1S/C25H36F3N7O3S/c1-32-15-29-31-23(32)22(17-4-2-5-17)18-6-3-7-19(11-18)34-14-21-20(25(26,27)28)10-16(13-35(21)24(34)36)12-33-9-8-30-39(33,37)38/h10,13-14,17-19,22-23,29-31H,2-9,11-12,15H2,1H3/t18?,19?,22-,23?/m1/s1. The van der Waals surface area contributed by atoms with Crippen molar-refractivity contribution in [3.8, 4) is 0 Å². The zero-order chi connectivity index (χ0) is 27.5. The van der Waals surface area contributed by atoms with Crippen LogP contribution in [0.5, 0.6) is 0 Å². The summed E-state index contributed by atoms with van der Waals surface area (Å²) in [4.78, 5) is 15.9. The van der Waals surface area contributed by atoms with Crippen LogP contribution in [0.3, 0.4) is 0 Å². The van der Waals surface area contributed by atoms with Crippen LogP contribution in [0.4, 0.5) is 13.2 Å². The SMILES string of the molecule is CN1CNNC1[C@H](C1CCC1)C1CCCC(n2cc3c(C(F)(F)F)cc(CN4CCNS4(=O)=O)cn3c2=O)C1. The number of pyridine rings is 1. The highest BCUT2D eigenvalue weighted by Gasteiger charge is 2.44. The lowest BCUT2D eigenvalue weighted by atomic mass is 9.65. The fourth-order valence-corrected chi connectivity index (χ4v) is 8.30. The van der Waals surface area contributed by atoms with Crippen LogP contribution in [-0.4, -0.2) is 59.6 Å². The topological polar surface area (TPSA) is 103 Å². The van der Waals surface area contributed by atoms with Crippen molar-refractivity contribution in [3.05, 3.63) is 40.1 Å². The van der Waals surface area contributed by atoms with E-state index < -0.39 is 27.6 Å². The number of rotatable bonds is 6. The predicted molar refractivity (Wildman–Crippen MR) is 139 cm³/mol. The molecule has 14 heteroatoms. The molecule has 3 N–H and O–H groups in total. The van der Waals surface area contributed by atoms with Gasteiger partial charge in [-0.1, -0.05) is 25.7 Å². The Morgan fingerprint density at radius 2 is 1.85 bits per heavy atom. The molecular formula is C25H36F3N7O3S. The maximum Gasteiger partial charge on any atom is 0.418 e. The maximum atomic E-state index is 14.2. The number of nitrogens with one attached hydrogen (secondary N) is 3. The van der Waals surface area contributed by atoms with Crippen LogP contribution < -0.4 is 21.3 Å². The molecule has 4 heterocycles. The molecule has 2 saturated heterocycles. The maximum absolute atomic E-state index is 14.2. The summed E-state index contributed by atoms with van der Waals surface area (Å²) in [5, 5.41) is 0. The first-order chi connectivity index (χ1) is 18.5. The second-order valence-corrected chi connectivity index (χ2v) is 13.4. The first kappa shape index (κ1) is 27.2. The van der Waals surface area contributed by atoms with Crippen molar-refractivity contribution in [2.45, 2.75) is 69.9 Å². The van der Waals surface area contributed by atoms with Crippen LogP contribution in [0, 0.1) is 17.8 Å². The summed E-state index contributed by atoms with van der Waals surface area (Å²) in [6, 6.07) is 0.781. The Kier molecular flexibility index (Phi) is 7.08. The Morgan fingerprint density at radius 1 is 1.10 bits per heavy atom. The van der Waals surface area contributed by atoms with Gasteiger partial charge in [-0.25, -0.2) is 20.4 Å². The predicted octanol–water partition coefficient (Wildman–Crippen LogP) is 2.24. The van der Waals surface area contributed by atoms with Crippen LogP contribution in [-0.2, 0) is 22.9 Å². The highest BCUT2D eigenvalue weighted by molar-refractivity contribution is 7.87. The summed E-state index contributed by atoms with van der Waals surface area (Å²) in [5.41, 5.74) is 5.16. The van der Waals surface area contributed by atoms with Gasteiger partial charge in [0.05, 0.1) is 23.9 Å². The van der Waals surface area contributed by atoms with Crippen LogP contribution in [0.1, 0.15) is 62.1 Å². The van der Waals surface area contributed by atoms with Gasteiger partial charge >= 0.3 is 11.9 Å². The van der Waals surface area contributed by atoms with Gasteiger partial charge in [0.1, 0.15) is 0 Å². The molecule has 10 nitrogen and oxygen atoms in total. The van der Waals surface area contributed by atoms with Gasteiger partial charge in [0.25, 0.3) is 10.2 Å². The molecule has 0 spiro atoms. The van der Waals surface area contributed by atoms with Gasteiger partial charge in [0.2, 0.25) is 0 Å². The molecule has 0 aromatic carbocycles. The Hall–Kier alpha value is -1.97. The average molecular weight is 572 g/mol. The van der Waals surface area contributed by atoms with E-state index in [1.165, 1.54) is 36.2 Å². The van der Waals surface area contributed by atoms with Gasteiger partial charge in [0.15, 0.2) is 0 Å². The molecule has 0 radical (unpaired) electrons.